The summed E-state index contributed by atoms with van der Waals surface area (Å²) in [6.45, 7) is 3.58. The Morgan fingerprint density at radius 3 is 2.68 bits per heavy atom. The van der Waals surface area contributed by atoms with Crippen LogP contribution in [0.2, 0.25) is 0 Å². The van der Waals surface area contributed by atoms with Crippen molar-refractivity contribution >= 4 is 33.5 Å². The molecular weight excluding hydrogens is 616 g/mol. The van der Waals surface area contributed by atoms with Gasteiger partial charge in [-0.1, -0.05) is 13.0 Å². The van der Waals surface area contributed by atoms with E-state index in [2.05, 4.69) is 14.9 Å². The van der Waals surface area contributed by atoms with E-state index in [1.165, 1.54) is 24.3 Å². The standard InChI is InChI=1S/C35H36F4N4O4/c1-2-23-26(37)7-6-20-13-22(44)14-24(28(20)23)29-27(38)15-25-31(30(29)39)40-34(47-18-35-9-4-11-43(35)17-21(36)16-35)41-32(25)42-10-3-5-19(8-12-42)33(45)46/h6-7,13-15,19,21,44H,2-5,8-12,16-18H2,1H3,(H,45,46)/t19?,21-,35+/m1/s1. The molecular formula is C35H36F4N4O4. The lowest BCUT2D eigenvalue weighted by atomic mass is 9.91. The van der Waals surface area contributed by atoms with Gasteiger partial charge in [0.1, 0.15) is 41.5 Å². The maximum atomic E-state index is 16.9. The SMILES string of the molecule is CCc1c(F)ccc2cc(O)cc(-c3c(F)cc4c(N5CCCC(C(=O)O)CC5)nc(OC[C@@]56CCCN5C[C@H](F)C6)nc4c3F)c12. The molecule has 1 unspecified atom stereocenters. The zero-order chi connectivity index (χ0) is 33.0. The number of carboxylic acids is 1. The summed E-state index contributed by atoms with van der Waals surface area (Å²) in [4.78, 5) is 24.7. The number of nitrogens with zero attached hydrogens (tertiary/aromatic N) is 4. The largest absolute Gasteiger partial charge is 0.508 e. The van der Waals surface area contributed by atoms with Crippen LogP contribution in [0.1, 0.15) is 51.0 Å². The van der Waals surface area contributed by atoms with Gasteiger partial charge in [-0.25, -0.2) is 17.6 Å². The van der Waals surface area contributed by atoms with Crippen LogP contribution >= 0.6 is 0 Å². The van der Waals surface area contributed by atoms with Crippen LogP contribution in [0.25, 0.3) is 32.8 Å². The molecule has 1 aromatic heterocycles. The van der Waals surface area contributed by atoms with Crippen LogP contribution in [0, 0.1) is 23.4 Å². The average Bonchev–Trinajstić information content (AvgIpc) is 3.43. The van der Waals surface area contributed by atoms with Gasteiger partial charge in [-0.2, -0.15) is 9.97 Å². The molecule has 248 valence electrons. The molecule has 3 fully saturated rings. The Bertz CT molecular complexity index is 1890. The second kappa shape index (κ2) is 12.1. The zero-order valence-electron chi connectivity index (χ0n) is 26.0. The number of aromatic nitrogens is 2. The van der Waals surface area contributed by atoms with Crippen LogP contribution in [0.3, 0.4) is 0 Å². The fraction of sp³-hybridized carbons (Fsp3) is 0.457. The summed E-state index contributed by atoms with van der Waals surface area (Å²) in [6, 6.07) is 6.33. The molecule has 8 nitrogen and oxygen atoms in total. The third kappa shape index (κ3) is 5.50. The van der Waals surface area contributed by atoms with Crippen molar-refractivity contribution < 1.29 is 37.3 Å². The second-order valence-corrected chi connectivity index (χ2v) is 13.1. The number of aromatic hydroxyl groups is 1. The number of anilines is 1. The highest BCUT2D eigenvalue weighted by molar-refractivity contribution is 6.03. The molecule has 4 heterocycles. The smallest absolute Gasteiger partial charge is 0.319 e. The third-order valence-corrected chi connectivity index (χ3v) is 10.2. The summed E-state index contributed by atoms with van der Waals surface area (Å²) in [5.74, 6) is -4.00. The number of aryl methyl sites for hydroxylation is 1. The maximum absolute atomic E-state index is 16.9. The molecule has 0 aliphatic carbocycles. The number of phenols is 1. The summed E-state index contributed by atoms with van der Waals surface area (Å²) in [5.41, 5.74) is -1.00. The lowest BCUT2D eigenvalue weighted by molar-refractivity contribution is -0.142. The van der Waals surface area contributed by atoms with Crippen LogP contribution in [-0.4, -0.2) is 75.5 Å². The van der Waals surface area contributed by atoms with E-state index < -0.39 is 46.6 Å². The number of phenolic OH excluding ortho intramolecular Hbond substituents is 1. The summed E-state index contributed by atoms with van der Waals surface area (Å²) in [7, 11) is 0. The highest BCUT2D eigenvalue weighted by atomic mass is 19.1. The number of halogens is 4. The van der Waals surface area contributed by atoms with Gasteiger partial charge in [0, 0.05) is 31.4 Å². The molecule has 0 bridgehead atoms. The minimum absolute atomic E-state index is 0.0182. The Hall–Kier alpha value is -4.19. The number of benzene rings is 3. The number of hydrogen-bond donors (Lipinski definition) is 2. The third-order valence-electron chi connectivity index (χ3n) is 10.2. The van der Waals surface area contributed by atoms with Gasteiger partial charge in [0.15, 0.2) is 5.82 Å². The number of carboxylic acid groups (broad SMARTS) is 1. The first-order valence-electron chi connectivity index (χ1n) is 16.2. The van der Waals surface area contributed by atoms with Crippen LogP contribution < -0.4 is 9.64 Å². The Labute approximate surface area is 269 Å². The number of rotatable bonds is 7. The molecule has 2 N–H and O–H groups in total. The molecule has 0 saturated carbocycles. The molecule has 3 aromatic carbocycles. The zero-order valence-corrected chi connectivity index (χ0v) is 26.0. The molecule has 7 rings (SSSR count). The summed E-state index contributed by atoms with van der Waals surface area (Å²) in [5, 5.41) is 20.9. The minimum atomic E-state index is -1.03. The van der Waals surface area contributed by atoms with E-state index in [-0.39, 0.29) is 64.6 Å². The van der Waals surface area contributed by atoms with E-state index in [9.17, 15) is 23.8 Å². The van der Waals surface area contributed by atoms with Crippen LogP contribution in [-0.2, 0) is 11.2 Å². The Morgan fingerprint density at radius 2 is 1.89 bits per heavy atom. The van der Waals surface area contributed by atoms with E-state index in [1.807, 2.05) is 0 Å². The van der Waals surface area contributed by atoms with Gasteiger partial charge in [0.05, 0.1) is 17.0 Å². The molecule has 0 radical (unpaired) electrons. The van der Waals surface area contributed by atoms with E-state index in [4.69, 9.17) is 4.74 Å². The van der Waals surface area contributed by atoms with Gasteiger partial charge in [-0.05, 0) is 91.2 Å². The minimum Gasteiger partial charge on any atom is -0.508 e. The number of ether oxygens (including phenoxy) is 1. The number of carbonyl (C=O) groups is 1. The first-order valence-corrected chi connectivity index (χ1v) is 16.2. The van der Waals surface area contributed by atoms with Gasteiger partial charge in [0.2, 0.25) is 0 Å². The molecule has 47 heavy (non-hydrogen) atoms. The normalized spacial score (nSPS) is 23.4. The number of hydrogen-bond acceptors (Lipinski definition) is 7. The molecule has 0 amide bonds. The van der Waals surface area contributed by atoms with Crippen molar-refractivity contribution in [1.29, 1.82) is 0 Å². The van der Waals surface area contributed by atoms with E-state index in [0.29, 0.717) is 44.2 Å². The van der Waals surface area contributed by atoms with Gasteiger partial charge >= 0.3 is 12.0 Å². The van der Waals surface area contributed by atoms with Gasteiger partial charge in [-0.3, -0.25) is 9.69 Å². The van der Waals surface area contributed by atoms with Crippen molar-refractivity contribution in [2.75, 3.05) is 37.7 Å². The molecule has 3 aliphatic rings. The number of fused-ring (bicyclic) bond motifs is 3. The van der Waals surface area contributed by atoms with Gasteiger partial charge in [0.25, 0.3) is 0 Å². The van der Waals surface area contributed by atoms with E-state index in [0.717, 1.165) is 25.5 Å². The van der Waals surface area contributed by atoms with Crippen molar-refractivity contribution in [1.82, 2.24) is 14.9 Å². The number of aliphatic carboxylic acids is 1. The maximum Gasteiger partial charge on any atom is 0.319 e. The molecule has 3 aliphatic heterocycles. The van der Waals surface area contributed by atoms with Crippen molar-refractivity contribution in [3.05, 3.63) is 53.3 Å². The fourth-order valence-electron chi connectivity index (χ4n) is 7.96. The molecule has 3 saturated heterocycles. The Morgan fingerprint density at radius 1 is 1.06 bits per heavy atom. The summed E-state index contributed by atoms with van der Waals surface area (Å²) in [6.07, 6.45) is 2.50. The quantitative estimate of drug-likeness (QED) is 0.211. The van der Waals surface area contributed by atoms with Crippen LogP contribution in [0.15, 0.2) is 30.3 Å². The van der Waals surface area contributed by atoms with Crippen molar-refractivity contribution in [3.63, 3.8) is 0 Å². The predicted molar refractivity (Wildman–Crippen MR) is 169 cm³/mol. The summed E-state index contributed by atoms with van der Waals surface area (Å²) >= 11 is 0. The topological polar surface area (TPSA) is 99.0 Å². The lowest BCUT2D eigenvalue weighted by Crippen LogP contribution is -2.43. The van der Waals surface area contributed by atoms with Gasteiger partial charge in [-0.15, -0.1) is 0 Å². The fourth-order valence-corrected chi connectivity index (χ4v) is 7.96. The average molecular weight is 653 g/mol. The second-order valence-electron chi connectivity index (χ2n) is 13.1. The van der Waals surface area contributed by atoms with E-state index in [1.54, 1.807) is 11.8 Å². The molecule has 0 spiro atoms. The van der Waals surface area contributed by atoms with Crippen LogP contribution in [0.4, 0.5) is 23.4 Å². The lowest BCUT2D eigenvalue weighted by Gasteiger charge is -2.31. The summed E-state index contributed by atoms with van der Waals surface area (Å²) < 4.78 is 68.7. The van der Waals surface area contributed by atoms with Gasteiger partial charge < -0.3 is 19.8 Å². The predicted octanol–water partition coefficient (Wildman–Crippen LogP) is 6.78. The van der Waals surface area contributed by atoms with Crippen molar-refractivity contribution in [3.8, 4) is 22.9 Å². The van der Waals surface area contributed by atoms with Crippen molar-refractivity contribution in [2.45, 2.75) is 63.6 Å². The molecule has 12 heteroatoms. The molecule has 4 aromatic rings. The first kappa shape index (κ1) is 31.4. The van der Waals surface area contributed by atoms with E-state index >= 15 is 8.78 Å². The number of alkyl halides is 1. The highest BCUT2D eigenvalue weighted by Gasteiger charge is 2.49. The monoisotopic (exact) mass is 652 g/mol. The first-order chi connectivity index (χ1) is 22.6. The Kier molecular flexibility index (Phi) is 8.10. The highest BCUT2D eigenvalue weighted by Crippen LogP contribution is 2.43. The Balaban J connectivity index is 1.39. The van der Waals surface area contributed by atoms with Crippen LogP contribution in [0.5, 0.6) is 11.8 Å². The molecule has 3 atom stereocenters. The van der Waals surface area contributed by atoms with Crippen molar-refractivity contribution in [2.24, 2.45) is 5.92 Å².